The molecular formula is C20H16Cl2N4O. The number of rotatable bonds is 3. The SMILES string of the molecule is O=C(c1cnc(Nc2ccc(Cl)c(Cl)c2)cn1)N1CCc2ccccc2C1. The molecule has 1 aliphatic heterocycles. The molecule has 5 nitrogen and oxygen atoms in total. The molecule has 1 aliphatic rings. The van der Waals surface area contributed by atoms with Crippen molar-refractivity contribution in [3.63, 3.8) is 0 Å². The number of fused-ring (bicyclic) bond motifs is 1. The Balaban J connectivity index is 1.46. The van der Waals surface area contributed by atoms with Crippen LogP contribution >= 0.6 is 23.2 Å². The first-order valence-electron chi connectivity index (χ1n) is 8.50. The molecule has 0 aliphatic carbocycles. The number of benzene rings is 2. The highest BCUT2D eigenvalue weighted by Gasteiger charge is 2.22. The fraction of sp³-hybridized carbons (Fsp3) is 0.150. The zero-order chi connectivity index (χ0) is 18.8. The summed E-state index contributed by atoms with van der Waals surface area (Å²) < 4.78 is 0. The van der Waals surface area contributed by atoms with E-state index in [9.17, 15) is 4.79 Å². The van der Waals surface area contributed by atoms with E-state index >= 15 is 0 Å². The molecule has 1 amide bonds. The van der Waals surface area contributed by atoms with Gasteiger partial charge >= 0.3 is 0 Å². The summed E-state index contributed by atoms with van der Waals surface area (Å²) in [5.74, 6) is 0.409. The third-order valence-electron chi connectivity index (χ3n) is 4.48. The van der Waals surface area contributed by atoms with Gasteiger partial charge in [0.2, 0.25) is 0 Å². The van der Waals surface area contributed by atoms with Crippen LogP contribution in [-0.4, -0.2) is 27.3 Å². The second-order valence-electron chi connectivity index (χ2n) is 6.29. The Kier molecular flexibility index (Phi) is 4.97. The van der Waals surface area contributed by atoms with Gasteiger partial charge in [0.15, 0.2) is 0 Å². The molecule has 0 saturated carbocycles. The van der Waals surface area contributed by atoms with Crippen LogP contribution in [0.4, 0.5) is 11.5 Å². The summed E-state index contributed by atoms with van der Waals surface area (Å²) in [6, 6.07) is 13.4. The maximum Gasteiger partial charge on any atom is 0.274 e. The summed E-state index contributed by atoms with van der Waals surface area (Å²) in [5, 5.41) is 4.02. The second-order valence-corrected chi connectivity index (χ2v) is 7.10. The molecule has 0 atom stereocenters. The molecule has 2 heterocycles. The summed E-state index contributed by atoms with van der Waals surface area (Å²) in [6.07, 6.45) is 3.88. The topological polar surface area (TPSA) is 58.1 Å². The molecule has 0 radical (unpaired) electrons. The third kappa shape index (κ3) is 3.89. The minimum Gasteiger partial charge on any atom is -0.339 e. The maximum absolute atomic E-state index is 12.7. The van der Waals surface area contributed by atoms with Crippen molar-refractivity contribution in [3.05, 3.63) is 81.7 Å². The molecule has 0 saturated heterocycles. The van der Waals surface area contributed by atoms with Gasteiger partial charge in [-0.1, -0.05) is 47.5 Å². The van der Waals surface area contributed by atoms with Gasteiger partial charge in [0.1, 0.15) is 11.5 Å². The number of amides is 1. The van der Waals surface area contributed by atoms with Gasteiger partial charge in [0.05, 0.1) is 22.4 Å². The molecule has 1 aromatic heterocycles. The fourth-order valence-electron chi connectivity index (χ4n) is 3.06. The highest BCUT2D eigenvalue weighted by atomic mass is 35.5. The van der Waals surface area contributed by atoms with Crippen LogP contribution in [0.25, 0.3) is 0 Å². The molecule has 2 aromatic carbocycles. The van der Waals surface area contributed by atoms with Crippen molar-refractivity contribution in [2.75, 3.05) is 11.9 Å². The lowest BCUT2D eigenvalue weighted by Gasteiger charge is -2.28. The van der Waals surface area contributed by atoms with E-state index in [4.69, 9.17) is 23.2 Å². The Morgan fingerprint density at radius 3 is 2.56 bits per heavy atom. The predicted molar refractivity (Wildman–Crippen MR) is 107 cm³/mol. The smallest absolute Gasteiger partial charge is 0.274 e. The lowest BCUT2D eigenvalue weighted by atomic mass is 10.00. The van der Waals surface area contributed by atoms with Gasteiger partial charge in [0, 0.05) is 18.8 Å². The average Bonchev–Trinajstić information content (AvgIpc) is 2.70. The molecular weight excluding hydrogens is 383 g/mol. The Bertz CT molecular complexity index is 992. The molecule has 0 unspecified atom stereocenters. The van der Waals surface area contributed by atoms with E-state index in [1.807, 2.05) is 12.1 Å². The number of carbonyl (C=O) groups excluding carboxylic acids is 1. The van der Waals surface area contributed by atoms with Crippen molar-refractivity contribution >= 4 is 40.6 Å². The third-order valence-corrected chi connectivity index (χ3v) is 5.22. The van der Waals surface area contributed by atoms with Crippen LogP contribution in [0.5, 0.6) is 0 Å². The summed E-state index contributed by atoms with van der Waals surface area (Å²) >= 11 is 11.9. The van der Waals surface area contributed by atoms with Crippen molar-refractivity contribution in [1.29, 1.82) is 0 Å². The number of nitrogens with one attached hydrogen (secondary N) is 1. The van der Waals surface area contributed by atoms with E-state index in [0.717, 1.165) is 12.1 Å². The standard InChI is InChI=1S/C20H16Cl2N4O/c21-16-6-5-15(9-17(16)22)25-19-11-23-18(10-24-19)20(27)26-8-7-13-3-1-2-4-14(13)12-26/h1-6,9-11H,7-8,12H2,(H,24,25). The van der Waals surface area contributed by atoms with Crippen LogP contribution in [-0.2, 0) is 13.0 Å². The number of nitrogens with zero attached hydrogens (tertiary/aromatic N) is 3. The van der Waals surface area contributed by atoms with Crippen LogP contribution in [0.2, 0.25) is 10.0 Å². The van der Waals surface area contributed by atoms with E-state index in [2.05, 4.69) is 27.4 Å². The van der Waals surface area contributed by atoms with Crippen molar-refractivity contribution in [2.45, 2.75) is 13.0 Å². The molecule has 4 rings (SSSR count). The normalized spacial score (nSPS) is 13.2. The predicted octanol–water partition coefficient (Wildman–Crippen LogP) is 4.73. The van der Waals surface area contributed by atoms with Crippen molar-refractivity contribution < 1.29 is 4.79 Å². The summed E-state index contributed by atoms with van der Waals surface area (Å²) in [7, 11) is 0. The van der Waals surface area contributed by atoms with Gasteiger partial charge in [-0.2, -0.15) is 0 Å². The molecule has 7 heteroatoms. The van der Waals surface area contributed by atoms with Crippen molar-refractivity contribution in [2.24, 2.45) is 0 Å². The van der Waals surface area contributed by atoms with Crippen LogP contribution < -0.4 is 5.32 Å². The summed E-state index contributed by atoms with van der Waals surface area (Å²) in [4.78, 5) is 23.1. The number of hydrogen-bond donors (Lipinski definition) is 1. The van der Waals surface area contributed by atoms with Gasteiger partial charge in [-0.05, 0) is 35.7 Å². The monoisotopic (exact) mass is 398 g/mol. The Morgan fingerprint density at radius 1 is 1.00 bits per heavy atom. The molecule has 3 aromatic rings. The zero-order valence-electron chi connectivity index (χ0n) is 14.3. The molecule has 0 fully saturated rings. The first kappa shape index (κ1) is 17.8. The Morgan fingerprint density at radius 2 is 1.81 bits per heavy atom. The summed E-state index contributed by atoms with van der Waals surface area (Å²) in [6.45, 7) is 1.28. The largest absolute Gasteiger partial charge is 0.339 e. The lowest BCUT2D eigenvalue weighted by molar-refractivity contribution is 0.0728. The minimum atomic E-state index is -0.113. The van der Waals surface area contributed by atoms with E-state index in [1.54, 1.807) is 23.1 Å². The molecule has 1 N–H and O–H groups in total. The van der Waals surface area contributed by atoms with E-state index in [1.165, 1.54) is 23.5 Å². The Labute approximate surface area is 167 Å². The molecule has 136 valence electrons. The van der Waals surface area contributed by atoms with E-state index in [-0.39, 0.29) is 5.91 Å². The van der Waals surface area contributed by atoms with Gasteiger partial charge in [-0.3, -0.25) is 4.79 Å². The zero-order valence-corrected chi connectivity index (χ0v) is 15.8. The number of hydrogen-bond acceptors (Lipinski definition) is 4. The van der Waals surface area contributed by atoms with Gasteiger partial charge < -0.3 is 10.2 Å². The van der Waals surface area contributed by atoms with Gasteiger partial charge in [-0.25, -0.2) is 9.97 Å². The van der Waals surface area contributed by atoms with Gasteiger partial charge in [0.25, 0.3) is 5.91 Å². The molecule has 0 bridgehead atoms. The van der Waals surface area contributed by atoms with Crippen LogP contribution in [0.3, 0.4) is 0 Å². The maximum atomic E-state index is 12.7. The highest BCUT2D eigenvalue weighted by Crippen LogP contribution is 2.26. The first-order chi connectivity index (χ1) is 13.1. The quantitative estimate of drug-likeness (QED) is 0.692. The fourth-order valence-corrected chi connectivity index (χ4v) is 3.35. The van der Waals surface area contributed by atoms with Crippen LogP contribution in [0, 0.1) is 0 Å². The van der Waals surface area contributed by atoms with Crippen molar-refractivity contribution in [3.8, 4) is 0 Å². The number of anilines is 2. The Hall–Kier alpha value is -2.63. The number of halogens is 2. The van der Waals surface area contributed by atoms with Crippen LogP contribution in [0.1, 0.15) is 21.6 Å². The highest BCUT2D eigenvalue weighted by molar-refractivity contribution is 6.42. The number of aromatic nitrogens is 2. The van der Waals surface area contributed by atoms with Gasteiger partial charge in [-0.15, -0.1) is 0 Å². The minimum absolute atomic E-state index is 0.113. The molecule has 0 spiro atoms. The van der Waals surface area contributed by atoms with E-state index < -0.39 is 0 Å². The second kappa shape index (κ2) is 7.55. The molecule has 27 heavy (non-hydrogen) atoms. The van der Waals surface area contributed by atoms with Crippen LogP contribution in [0.15, 0.2) is 54.9 Å². The average molecular weight is 399 g/mol. The number of carbonyl (C=O) groups is 1. The summed E-state index contributed by atoms with van der Waals surface area (Å²) in [5.41, 5.74) is 3.55. The first-order valence-corrected chi connectivity index (χ1v) is 9.26. The lowest BCUT2D eigenvalue weighted by Crippen LogP contribution is -2.36. The van der Waals surface area contributed by atoms with Crippen molar-refractivity contribution in [1.82, 2.24) is 14.9 Å². The van der Waals surface area contributed by atoms with E-state index in [0.29, 0.717) is 34.6 Å².